The highest BCUT2D eigenvalue weighted by Gasteiger charge is 2.26. The van der Waals surface area contributed by atoms with Gasteiger partial charge in [0, 0.05) is 48.4 Å². The van der Waals surface area contributed by atoms with Gasteiger partial charge in [-0.15, -0.1) is 11.3 Å². The molecule has 0 aliphatic carbocycles. The second-order valence-electron chi connectivity index (χ2n) is 6.40. The van der Waals surface area contributed by atoms with Gasteiger partial charge in [0.2, 0.25) is 0 Å². The summed E-state index contributed by atoms with van der Waals surface area (Å²) in [5.74, 6) is -0.190. The molecule has 6 heteroatoms. The minimum Gasteiger partial charge on any atom is -0.335 e. The van der Waals surface area contributed by atoms with Crippen molar-refractivity contribution in [2.75, 3.05) is 26.2 Å². The Hall–Kier alpha value is -1.95. The molecule has 2 aromatic carbocycles. The zero-order valence-electron chi connectivity index (χ0n) is 14.1. The molecule has 0 radical (unpaired) electrons. The maximum atomic E-state index is 13.8. The van der Waals surface area contributed by atoms with Gasteiger partial charge in [-0.2, -0.15) is 0 Å². The van der Waals surface area contributed by atoms with E-state index in [0.717, 1.165) is 23.2 Å². The predicted molar refractivity (Wildman–Crippen MR) is 104 cm³/mol. The van der Waals surface area contributed by atoms with Crippen LogP contribution in [0, 0.1) is 5.82 Å². The highest BCUT2D eigenvalue weighted by Crippen LogP contribution is 2.36. The standard InChI is InChI=1S/C20H18ClFN2OS/c21-18-15-6-2-4-8-17(15)26-19(18)20(25)24-11-9-23(10-12-24)13-14-5-1-3-7-16(14)22/h1-8H,9-13H2. The Kier molecular flexibility index (Phi) is 4.94. The highest BCUT2D eigenvalue weighted by atomic mass is 35.5. The fourth-order valence-corrected chi connectivity index (χ4v) is 4.75. The van der Waals surface area contributed by atoms with Crippen LogP contribution in [-0.4, -0.2) is 41.9 Å². The van der Waals surface area contributed by atoms with Crippen LogP contribution < -0.4 is 0 Å². The van der Waals surface area contributed by atoms with E-state index >= 15 is 0 Å². The topological polar surface area (TPSA) is 23.6 Å². The first kappa shape index (κ1) is 17.5. The van der Waals surface area contributed by atoms with Crippen molar-refractivity contribution in [3.8, 4) is 0 Å². The van der Waals surface area contributed by atoms with E-state index in [4.69, 9.17) is 11.6 Å². The lowest BCUT2D eigenvalue weighted by atomic mass is 10.2. The van der Waals surface area contributed by atoms with Crippen molar-refractivity contribution >= 4 is 38.9 Å². The van der Waals surface area contributed by atoms with Crippen LogP contribution in [0.5, 0.6) is 0 Å². The number of amides is 1. The Morgan fingerprint density at radius 2 is 1.73 bits per heavy atom. The number of piperazine rings is 1. The van der Waals surface area contributed by atoms with Crippen molar-refractivity contribution in [2.24, 2.45) is 0 Å². The molecule has 2 heterocycles. The fourth-order valence-electron chi connectivity index (χ4n) is 3.27. The Balaban J connectivity index is 1.43. The van der Waals surface area contributed by atoms with E-state index < -0.39 is 0 Å². The molecule has 0 unspecified atom stereocenters. The first-order valence-corrected chi connectivity index (χ1v) is 9.75. The number of thiophene rings is 1. The molecule has 1 fully saturated rings. The summed E-state index contributed by atoms with van der Waals surface area (Å²) in [6.07, 6.45) is 0. The van der Waals surface area contributed by atoms with Gasteiger partial charge in [0.1, 0.15) is 10.7 Å². The van der Waals surface area contributed by atoms with Gasteiger partial charge >= 0.3 is 0 Å². The number of fused-ring (bicyclic) bond motifs is 1. The highest BCUT2D eigenvalue weighted by molar-refractivity contribution is 7.21. The van der Waals surface area contributed by atoms with Crippen molar-refractivity contribution < 1.29 is 9.18 Å². The lowest BCUT2D eigenvalue weighted by Crippen LogP contribution is -2.48. The van der Waals surface area contributed by atoms with Crippen molar-refractivity contribution in [1.29, 1.82) is 0 Å². The van der Waals surface area contributed by atoms with Crippen LogP contribution in [0.15, 0.2) is 48.5 Å². The first-order valence-electron chi connectivity index (χ1n) is 8.55. The van der Waals surface area contributed by atoms with Gasteiger partial charge in [0.05, 0.1) is 5.02 Å². The zero-order chi connectivity index (χ0) is 18.1. The smallest absolute Gasteiger partial charge is 0.265 e. The van der Waals surface area contributed by atoms with Crippen LogP contribution in [0.3, 0.4) is 0 Å². The van der Waals surface area contributed by atoms with E-state index in [1.807, 2.05) is 41.3 Å². The van der Waals surface area contributed by atoms with E-state index in [-0.39, 0.29) is 11.7 Å². The third-order valence-corrected chi connectivity index (χ3v) is 6.40. The maximum Gasteiger partial charge on any atom is 0.265 e. The number of halogens is 2. The van der Waals surface area contributed by atoms with E-state index in [2.05, 4.69) is 4.90 Å². The molecular weight excluding hydrogens is 371 g/mol. The van der Waals surface area contributed by atoms with Gasteiger partial charge in [-0.05, 0) is 12.1 Å². The lowest BCUT2D eigenvalue weighted by Gasteiger charge is -2.34. The molecule has 0 bridgehead atoms. The van der Waals surface area contributed by atoms with Crippen molar-refractivity contribution in [3.05, 3.63) is 69.8 Å². The summed E-state index contributed by atoms with van der Waals surface area (Å²) in [5, 5.41) is 1.48. The molecular formula is C20H18ClFN2OS. The van der Waals surface area contributed by atoms with Gasteiger partial charge < -0.3 is 4.90 Å². The summed E-state index contributed by atoms with van der Waals surface area (Å²) >= 11 is 7.88. The number of carbonyl (C=O) groups excluding carboxylic acids is 1. The Morgan fingerprint density at radius 3 is 2.46 bits per heavy atom. The number of benzene rings is 2. The molecule has 1 amide bonds. The normalized spacial score (nSPS) is 15.5. The summed E-state index contributed by atoms with van der Waals surface area (Å²) in [7, 11) is 0. The Labute approximate surface area is 160 Å². The molecule has 0 saturated carbocycles. The molecule has 0 atom stereocenters. The van der Waals surface area contributed by atoms with Gasteiger partial charge in [-0.3, -0.25) is 9.69 Å². The van der Waals surface area contributed by atoms with E-state index in [9.17, 15) is 9.18 Å². The van der Waals surface area contributed by atoms with Gasteiger partial charge in [-0.25, -0.2) is 4.39 Å². The summed E-state index contributed by atoms with van der Waals surface area (Å²) in [6, 6.07) is 14.6. The zero-order valence-corrected chi connectivity index (χ0v) is 15.7. The largest absolute Gasteiger partial charge is 0.335 e. The summed E-state index contributed by atoms with van der Waals surface area (Å²) in [6.45, 7) is 3.26. The summed E-state index contributed by atoms with van der Waals surface area (Å²) in [5.41, 5.74) is 0.694. The summed E-state index contributed by atoms with van der Waals surface area (Å²) < 4.78 is 14.8. The van der Waals surface area contributed by atoms with Crippen LogP contribution in [-0.2, 0) is 6.54 Å². The van der Waals surface area contributed by atoms with Gasteiger partial charge in [0.25, 0.3) is 5.91 Å². The van der Waals surface area contributed by atoms with Crippen LogP contribution in [0.4, 0.5) is 4.39 Å². The Bertz CT molecular complexity index is 950. The molecule has 1 aliphatic heterocycles. The molecule has 1 aromatic heterocycles. The Morgan fingerprint density at radius 1 is 1.04 bits per heavy atom. The number of hydrogen-bond acceptors (Lipinski definition) is 3. The summed E-state index contributed by atoms with van der Waals surface area (Å²) in [4.78, 5) is 17.5. The molecule has 1 saturated heterocycles. The van der Waals surface area contributed by atoms with Gasteiger partial charge in [0.15, 0.2) is 0 Å². The average Bonchev–Trinajstić information content (AvgIpc) is 3.01. The van der Waals surface area contributed by atoms with Crippen molar-refractivity contribution in [2.45, 2.75) is 6.54 Å². The van der Waals surface area contributed by atoms with Crippen LogP contribution >= 0.6 is 22.9 Å². The van der Waals surface area contributed by atoms with E-state index in [1.165, 1.54) is 17.4 Å². The van der Waals surface area contributed by atoms with Crippen molar-refractivity contribution in [1.82, 2.24) is 9.80 Å². The first-order chi connectivity index (χ1) is 12.6. The number of rotatable bonds is 3. The molecule has 134 valence electrons. The third-order valence-electron chi connectivity index (χ3n) is 4.74. The quantitative estimate of drug-likeness (QED) is 0.652. The monoisotopic (exact) mass is 388 g/mol. The lowest BCUT2D eigenvalue weighted by molar-refractivity contribution is 0.0632. The molecule has 4 rings (SSSR count). The number of carbonyl (C=O) groups is 1. The minimum atomic E-state index is -0.178. The van der Waals surface area contributed by atoms with Crippen molar-refractivity contribution in [3.63, 3.8) is 0 Å². The molecule has 1 aliphatic rings. The predicted octanol–water partition coefficient (Wildman–Crippen LogP) is 4.65. The minimum absolute atomic E-state index is 0.0123. The number of nitrogens with zero attached hydrogens (tertiary/aromatic N) is 2. The second kappa shape index (κ2) is 7.35. The molecule has 3 aromatic rings. The molecule has 0 N–H and O–H groups in total. The van der Waals surface area contributed by atoms with E-state index in [1.54, 1.807) is 6.07 Å². The second-order valence-corrected chi connectivity index (χ2v) is 7.83. The molecule has 0 spiro atoms. The molecule has 3 nitrogen and oxygen atoms in total. The number of hydrogen-bond donors (Lipinski definition) is 0. The molecule has 26 heavy (non-hydrogen) atoms. The van der Waals surface area contributed by atoms with E-state index in [0.29, 0.717) is 35.1 Å². The van der Waals surface area contributed by atoms with Crippen LogP contribution in [0.2, 0.25) is 5.02 Å². The van der Waals surface area contributed by atoms with Crippen LogP contribution in [0.25, 0.3) is 10.1 Å². The third kappa shape index (κ3) is 3.34. The average molecular weight is 389 g/mol. The maximum absolute atomic E-state index is 13.8. The van der Waals surface area contributed by atoms with Crippen LogP contribution in [0.1, 0.15) is 15.2 Å². The fraction of sp³-hybridized carbons (Fsp3) is 0.250. The SMILES string of the molecule is O=C(c1sc2ccccc2c1Cl)N1CCN(Cc2ccccc2F)CC1. The van der Waals surface area contributed by atoms with Gasteiger partial charge in [-0.1, -0.05) is 48.0 Å².